The summed E-state index contributed by atoms with van der Waals surface area (Å²) in [7, 11) is 1.96. The summed E-state index contributed by atoms with van der Waals surface area (Å²) in [6, 6.07) is 3.61. The van der Waals surface area contributed by atoms with E-state index in [0.29, 0.717) is 19.5 Å². The van der Waals surface area contributed by atoms with Crippen LogP contribution >= 0.6 is 0 Å². The van der Waals surface area contributed by atoms with Crippen molar-refractivity contribution in [3.63, 3.8) is 0 Å². The Hall–Kier alpha value is -1.78. The van der Waals surface area contributed by atoms with E-state index in [1.54, 1.807) is 4.90 Å². The van der Waals surface area contributed by atoms with E-state index in [0.717, 1.165) is 25.0 Å². The lowest BCUT2D eigenvalue weighted by atomic mass is 10.1. The minimum absolute atomic E-state index is 0.0153. The molecule has 0 spiro atoms. The highest BCUT2D eigenvalue weighted by Gasteiger charge is 2.30. The molecule has 2 heterocycles. The van der Waals surface area contributed by atoms with E-state index in [1.807, 2.05) is 36.9 Å². The van der Waals surface area contributed by atoms with Crippen LogP contribution in [-0.2, 0) is 23.2 Å². The van der Waals surface area contributed by atoms with Gasteiger partial charge in [0.15, 0.2) is 0 Å². The van der Waals surface area contributed by atoms with Crippen molar-refractivity contribution in [1.29, 1.82) is 0 Å². The van der Waals surface area contributed by atoms with Gasteiger partial charge in [0.2, 0.25) is 11.8 Å². The van der Waals surface area contributed by atoms with Gasteiger partial charge in [0.05, 0.1) is 6.54 Å². The molecule has 1 fully saturated rings. The third-order valence-corrected chi connectivity index (χ3v) is 3.89. The maximum absolute atomic E-state index is 12.2. The number of hydrogen-bond acceptors (Lipinski definition) is 2. The Bertz CT molecular complexity index is 481. The first-order valence-corrected chi connectivity index (χ1v) is 7.31. The summed E-state index contributed by atoms with van der Waals surface area (Å²) in [5, 5.41) is 2.91. The Morgan fingerprint density at radius 1 is 1.50 bits per heavy atom. The molecule has 1 saturated heterocycles. The van der Waals surface area contributed by atoms with Crippen LogP contribution in [-0.4, -0.2) is 33.9 Å². The van der Waals surface area contributed by atoms with Gasteiger partial charge >= 0.3 is 0 Å². The summed E-state index contributed by atoms with van der Waals surface area (Å²) >= 11 is 0. The van der Waals surface area contributed by atoms with Crippen LogP contribution in [0, 0.1) is 0 Å². The number of carbonyl (C=O) groups is 2. The average Bonchev–Trinajstić information content (AvgIpc) is 2.72. The summed E-state index contributed by atoms with van der Waals surface area (Å²) in [6.45, 7) is 3.05. The predicted octanol–water partition coefficient (Wildman–Crippen LogP) is 1.43. The molecule has 110 valence electrons. The molecule has 1 aliphatic rings. The maximum atomic E-state index is 12.2. The monoisotopic (exact) mass is 277 g/mol. The van der Waals surface area contributed by atoms with Gasteiger partial charge in [-0.3, -0.25) is 9.59 Å². The SMILES string of the molecule is CCC(=O)N(Cc1cccn1C)C1CCCCNC1=O. The van der Waals surface area contributed by atoms with Gasteiger partial charge < -0.3 is 14.8 Å². The van der Waals surface area contributed by atoms with Crippen molar-refractivity contribution >= 4 is 11.8 Å². The maximum Gasteiger partial charge on any atom is 0.242 e. The molecular weight excluding hydrogens is 254 g/mol. The molecular formula is C15H23N3O2. The molecule has 20 heavy (non-hydrogen) atoms. The van der Waals surface area contributed by atoms with Crippen LogP contribution in [0.2, 0.25) is 0 Å². The van der Waals surface area contributed by atoms with Crippen molar-refractivity contribution in [3.8, 4) is 0 Å². The summed E-state index contributed by atoms with van der Waals surface area (Å²) < 4.78 is 1.99. The number of nitrogens with zero attached hydrogens (tertiary/aromatic N) is 2. The minimum atomic E-state index is -0.333. The summed E-state index contributed by atoms with van der Waals surface area (Å²) in [5.74, 6) is 0.0201. The lowest BCUT2D eigenvalue weighted by molar-refractivity contribution is -0.141. The predicted molar refractivity (Wildman–Crippen MR) is 76.9 cm³/mol. The van der Waals surface area contributed by atoms with Gasteiger partial charge in [0.1, 0.15) is 6.04 Å². The molecule has 0 aromatic carbocycles. The fourth-order valence-electron chi connectivity index (χ4n) is 2.63. The lowest BCUT2D eigenvalue weighted by Gasteiger charge is -2.30. The number of rotatable bonds is 4. The molecule has 5 heteroatoms. The van der Waals surface area contributed by atoms with Crippen LogP contribution < -0.4 is 5.32 Å². The van der Waals surface area contributed by atoms with E-state index in [2.05, 4.69) is 5.32 Å². The van der Waals surface area contributed by atoms with Crippen LogP contribution in [0.25, 0.3) is 0 Å². The molecule has 5 nitrogen and oxygen atoms in total. The molecule has 1 aromatic rings. The fourth-order valence-corrected chi connectivity index (χ4v) is 2.63. The summed E-state index contributed by atoms with van der Waals surface area (Å²) in [4.78, 5) is 26.2. The van der Waals surface area contributed by atoms with Gasteiger partial charge in [0, 0.05) is 31.9 Å². The van der Waals surface area contributed by atoms with Crippen molar-refractivity contribution in [2.24, 2.45) is 7.05 Å². The summed E-state index contributed by atoms with van der Waals surface area (Å²) in [6.07, 6.45) is 5.10. The largest absolute Gasteiger partial charge is 0.354 e. The normalized spacial score (nSPS) is 19.3. The Morgan fingerprint density at radius 3 is 2.95 bits per heavy atom. The zero-order valence-electron chi connectivity index (χ0n) is 12.3. The van der Waals surface area contributed by atoms with Crippen LogP contribution in [0.3, 0.4) is 0 Å². The van der Waals surface area contributed by atoms with E-state index in [4.69, 9.17) is 0 Å². The van der Waals surface area contributed by atoms with Crippen molar-refractivity contribution < 1.29 is 9.59 Å². The van der Waals surface area contributed by atoms with Gasteiger partial charge in [-0.1, -0.05) is 6.92 Å². The number of carbonyl (C=O) groups excluding carboxylic acids is 2. The molecule has 1 aromatic heterocycles. The van der Waals surface area contributed by atoms with Gasteiger partial charge in [-0.25, -0.2) is 0 Å². The highest BCUT2D eigenvalue weighted by Crippen LogP contribution is 2.17. The topological polar surface area (TPSA) is 54.3 Å². The van der Waals surface area contributed by atoms with Crippen molar-refractivity contribution in [3.05, 3.63) is 24.0 Å². The Morgan fingerprint density at radius 2 is 2.30 bits per heavy atom. The Kier molecular flexibility index (Phi) is 4.82. The second-order valence-electron chi connectivity index (χ2n) is 5.29. The molecule has 0 saturated carbocycles. The van der Waals surface area contributed by atoms with Crippen molar-refractivity contribution in [1.82, 2.24) is 14.8 Å². The minimum Gasteiger partial charge on any atom is -0.354 e. The van der Waals surface area contributed by atoms with E-state index in [1.165, 1.54) is 0 Å². The van der Waals surface area contributed by atoms with E-state index < -0.39 is 0 Å². The molecule has 1 atom stereocenters. The van der Waals surface area contributed by atoms with Crippen molar-refractivity contribution in [2.45, 2.75) is 45.2 Å². The van der Waals surface area contributed by atoms with Gasteiger partial charge in [-0.15, -0.1) is 0 Å². The zero-order chi connectivity index (χ0) is 14.5. The fraction of sp³-hybridized carbons (Fsp3) is 0.600. The first-order valence-electron chi connectivity index (χ1n) is 7.31. The average molecular weight is 277 g/mol. The molecule has 0 radical (unpaired) electrons. The molecule has 0 bridgehead atoms. The van der Waals surface area contributed by atoms with E-state index in [-0.39, 0.29) is 17.9 Å². The number of amides is 2. The quantitative estimate of drug-likeness (QED) is 0.905. The van der Waals surface area contributed by atoms with Gasteiger partial charge in [0.25, 0.3) is 0 Å². The van der Waals surface area contributed by atoms with Gasteiger partial charge in [-0.2, -0.15) is 0 Å². The lowest BCUT2D eigenvalue weighted by Crippen LogP contribution is -2.48. The van der Waals surface area contributed by atoms with Crippen LogP contribution in [0.1, 0.15) is 38.3 Å². The van der Waals surface area contributed by atoms with Crippen molar-refractivity contribution in [2.75, 3.05) is 6.54 Å². The van der Waals surface area contributed by atoms with Crippen LogP contribution in [0.4, 0.5) is 0 Å². The molecule has 2 rings (SSSR count). The standard InChI is InChI=1S/C15H23N3O2/c1-3-14(19)18(11-12-7-6-10-17(12)2)13-8-4-5-9-16-15(13)20/h6-7,10,13H,3-5,8-9,11H2,1-2H3,(H,16,20). The zero-order valence-corrected chi connectivity index (χ0v) is 12.3. The third-order valence-electron chi connectivity index (χ3n) is 3.89. The first-order chi connectivity index (χ1) is 9.63. The molecule has 1 N–H and O–H groups in total. The molecule has 1 unspecified atom stereocenters. The highest BCUT2D eigenvalue weighted by atomic mass is 16.2. The summed E-state index contributed by atoms with van der Waals surface area (Å²) in [5.41, 5.74) is 1.05. The van der Waals surface area contributed by atoms with Crippen LogP contribution in [0.5, 0.6) is 0 Å². The molecule has 1 aliphatic heterocycles. The van der Waals surface area contributed by atoms with Gasteiger partial charge in [-0.05, 0) is 31.4 Å². The second-order valence-corrected chi connectivity index (χ2v) is 5.29. The molecule has 2 amide bonds. The van der Waals surface area contributed by atoms with E-state index >= 15 is 0 Å². The smallest absolute Gasteiger partial charge is 0.242 e. The molecule has 0 aliphatic carbocycles. The van der Waals surface area contributed by atoms with Crippen LogP contribution in [0.15, 0.2) is 18.3 Å². The second kappa shape index (κ2) is 6.59. The number of aryl methyl sites for hydroxylation is 1. The number of aromatic nitrogens is 1. The number of nitrogens with one attached hydrogen (secondary N) is 1. The third kappa shape index (κ3) is 3.21. The highest BCUT2D eigenvalue weighted by molar-refractivity contribution is 5.87. The first kappa shape index (κ1) is 14.6. The van der Waals surface area contributed by atoms with E-state index in [9.17, 15) is 9.59 Å². The Balaban J connectivity index is 2.20. The Labute approximate surface area is 119 Å². The number of hydrogen-bond donors (Lipinski definition) is 1.